The second-order valence-electron chi connectivity index (χ2n) is 6.42. The van der Waals surface area contributed by atoms with Crippen molar-refractivity contribution in [2.45, 2.75) is 0 Å². The molecule has 1 saturated heterocycles. The monoisotopic (exact) mass is 475 g/mol. The molecule has 1 heterocycles. The Labute approximate surface area is 183 Å². The van der Waals surface area contributed by atoms with Crippen LogP contribution in [-0.4, -0.2) is 57.3 Å². The van der Waals surface area contributed by atoms with Crippen LogP contribution >= 0.6 is 15.9 Å². The molecule has 0 radical (unpaired) electrons. The van der Waals surface area contributed by atoms with Gasteiger partial charge in [0.05, 0.1) is 33.0 Å². The molecule has 1 aliphatic rings. The smallest absolute Gasteiger partial charge is 0.415 e. The average molecular weight is 476 g/mol. The maximum absolute atomic E-state index is 12.8. The van der Waals surface area contributed by atoms with Gasteiger partial charge >= 0.3 is 6.09 Å². The first-order chi connectivity index (χ1) is 14.5. The Kier molecular flexibility index (Phi) is 7.48. The highest BCUT2D eigenvalue weighted by molar-refractivity contribution is 9.10. The first kappa shape index (κ1) is 21.9. The zero-order chi connectivity index (χ0) is 21.5. The van der Waals surface area contributed by atoms with Crippen molar-refractivity contribution in [1.82, 2.24) is 4.90 Å². The summed E-state index contributed by atoms with van der Waals surface area (Å²) in [5.74, 6) is 1.08. The lowest BCUT2D eigenvalue weighted by Crippen LogP contribution is -2.42. The molecule has 0 unspecified atom stereocenters. The summed E-state index contributed by atoms with van der Waals surface area (Å²) in [4.78, 5) is 26.8. The van der Waals surface area contributed by atoms with E-state index < -0.39 is 6.09 Å². The molecule has 0 aromatic heterocycles. The van der Waals surface area contributed by atoms with Crippen LogP contribution in [-0.2, 0) is 4.74 Å². The number of amides is 1. The summed E-state index contributed by atoms with van der Waals surface area (Å²) in [6, 6.07) is 10.3. The molecule has 30 heavy (non-hydrogen) atoms. The van der Waals surface area contributed by atoms with Gasteiger partial charge in [-0.05, 0) is 42.0 Å². The number of nitrogens with zero attached hydrogens (tertiary/aromatic N) is 1. The van der Waals surface area contributed by atoms with Gasteiger partial charge in [-0.2, -0.15) is 0 Å². The minimum absolute atomic E-state index is 0.205. The van der Waals surface area contributed by atoms with Crippen molar-refractivity contribution >= 4 is 33.9 Å². The van der Waals surface area contributed by atoms with Crippen molar-refractivity contribution in [1.29, 1.82) is 0 Å². The summed E-state index contributed by atoms with van der Waals surface area (Å²) in [5.41, 5.74) is 1.05. The number of halogens is 1. The van der Waals surface area contributed by atoms with Crippen LogP contribution in [0.4, 0.5) is 4.79 Å². The number of ether oxygens (including phenoxy) is 4. The summed E-state index contributed by atoms with van der Waals surface area (Å²) in [5, 5.41) is 0. The third-order valence-corrected chi connectivity index (χ3v) is 5.00. The summed E-state index contributed by atoms with van der Waals surface area (Å²) >= 11 is 3.36. The van der Waals surface area contributed by atoms with Crippen LogP contribution in [0.1, 0.15) is 15.9 Å². The molecular formula is C22H22BrNO6. The number of benzene rings is 2. The van der Waals surface area contributed by atoms with Crippen LogP contribution in [0.5, 0.6) is 17.2 Å². The molecule has 0 saturated carbocycles. The van der Waals surface area contributed by atoms with Gasteiger partial charge < -0.3 is 23.8 Å². The SMILES string of the molecule is COc1ccc(C=CC(=O)c2cc(Br)ccc2OC(=O)N2CCOCC2)cc1OC. The Bertz CT molecular complexity index is 953. The van der Waals surface area contributed by atoms with Crippen molar-refractivity contribution in [3.8, 4) is 17.2 Å². The maximum Gasteiger partial charge on any atom is 0.415 e. The molecule has 8 heteroatoms. The van der Waals surface area contributed by atoms with Gasteiger partial charge in [0.1, 0.15) is 5.75 Å². The third kappa shape index (κ3) is 5.40. The van der Waals surface area contributed by atoms with E-state index in [-0.39, 0.29) is 17.1 Å². The van der Waals surface area contributed by atoms with Crippen LogP contribution in [0.2, 0.25) is 0 Å². The molecule has 0 bridgehead atoms. The number of hydrogen-bond acceptors (Lipinski definition) is 6. The van der Waals surface area contributed by atoms with E-state index in [9.17, 15) is 9.59 Å². The first-order valence-corrected chi connectivity index (χ1v) is 10.1. The van der Waals surface area contributed by atoms with E-state index in [1.165, 1.54) is 6.08 Å². The molecule has 0 aliphatic carbocycles. The predicted octanol–water partition coefficient (Wildman–Crippen LogP) is 4.19. The molecule has 1 aliphatic heterocycles. The topological polar surface area (TPSA) is 74.3 Å². The standard InChI is InChI=1S/C22H22BrNO6/c1-27-20-7-4-15(13-21(20)28-2)3-6-18(25)17-14-16(23)5-8-19(17)30-22(26)24-9-11-29-12-10-24/h3-8,13-14H,9-12H2,1-2H3. The third-order valence-electron chi connectivity index (χ3n) is 4.51. The number of carbonyl (C=O) groups excluding carboxylic acids is 2. The Morgan fingerprint density at radius 3 is 2.40 bits per heavy atom. The second-order valence-corrected chi connectivity index (χ2v) is 7.34. The van der Waals surface area contributed by atoms with Crippen LogP contribution < -0.4 is 14.2 Å². The van der Waals surface area contributed by atoms with Gasteiger partial charge in [-0.15, -0.1) is 0 Å². The number of carbonyl (C=O) groups is 2. The fraction of sp³-hybridized carbons (Fsp3) is 0.273. The van der Waals surface area contributed by atoms with Gasteiger partial charge in [0.25, 0.3) is 0 Å². The highest BCUT2D eigenvalue weighted by Gasteiger charge is 2.21. The Morgan fingerprint density at radius 2 is 1.70 bits per heavy atom. The molecular weight excluding hydrogens is 454 g/mol. The van der Waals surface area contributed by atoms with Gasteiger partial charge in [-0.1, -0.05) is 28.1 Å². The average Bonchev–Trinajstić information content (AvgIpc) is 2.78. The van der Waals surface area contributed by atoms with Gasteiger partial charge in [0, 0.05) is 17.6 Å². The number of rotatable bonds is 6. The lowest BCUT2D eigenvalue weighted by atomic mass is 10.1. The van der Waals surface area contributed by atoms with E-state index in [0.717, 1.165) is 5.56 Å². The number of allylic oxidation sites excluding steroid dienone is 1. The maximum atomic E-state index is 12.8. The zero-order valence-corrected chi connectivity index (χ0v) is 18.3. The van der Waals surface area contributed by atoms with E-state index in [1.54, 1.807) is 55.5 Å². The molecule has 0 N–H and O–H groups in total. The quantitative estimate of drug-likeness (QED) is 0.460. The number of methoxy groups -OCH3 is 2. The minimum atomic E-state index is -0.501. The van der Waals surface area contributed by atoms with Crippen LogP contribution in [0.3, 0.4) is 0 Å². The fourth-order valence-corrected chi connectivity index (χ4v) is 3.27. The predicted molar refractivity (Wildman–Crippen MR) is 115 cm³/mol. The van der Waals surface area contributed by atoms with Gasteiger partial charge in [0.2, 0.25) is 0 Å². The first-order valence-electron chi connectivity index (χ1n) is 9.30. The normalized spacial score (nSPS) is 13.9. The number of hydrogen-bond donors (Lipinski definition) is 0. The highest BCUT2D eigenvalue weighted by atomic mass is 79.9. The van der Waals surface area contributed by atoms with Crippen molar-refractivity contribution < 1.29 is 28.5 Å². The molecule has 158 valence electrons. The van der Waals surface area contributed by atoms with Crippen molar-refractivity contribution in [3.63, 3.8) is 0 Å². The highest BCUT2D eigenvalue weighted by Crippen LogP contribution is 2.29. The van der Waals surface area contributed by atoms with Crippen LogP contribution in [0, 0.1) is 0 Å². The molecule has 3 rings (SSSR count). The Hall–Kier alpha value is -2.84. The second kappa shape index (κ2) is 10.3. The van der Waals surface area contributed by atoms with E-state index in [1.807, 2.05) is 6.07 Å². The van der Waals surface area contributed by atoms with Crippen LogP contribution in [0.15, 0.2) is 46.9 Å². The summed E-state index contributed by atoms with van der Waals surface area (Å²) < 4.78 is 22.0. The van der Waals surface area contributed by atoms with Crippen molar-refractivity contribution in [2.75, 3.05) is 40.5 Å². The van der Waals surface area contributed by atoms with Gasteiger partial charge in [-0.3, -0.25) is 4.79 Å². The lowest BCUT2D eigenvalue weighted by molar-refractivity contribution is 0.0415. The van der Waals surface area contributed by atoms with E-state index in [4.69, 9.17) is 18.9 Å². The van der Waals surface area contributed by atoms with Gasteiger partial charge in [-0.25, -0.2) is 4.79 Å². The summed E-state index contributed by atoms with van der Waals surface area (Å²) in [6.45, 7) is 1.85. The molecule has 2 aromatic carbocycles. The molecule has 0 atom stereocenters. The number of morpholine rings is 1. The molecule has 1 fully saturated rings. The number of ketones is 1. The zero-order valence-electron chi connectivity index (χ0n) is 16.7. The van der Waals surface area contributed by atoms with E-state index in [2.05, 4.69) is 15.9 Å². The minimum Gasteiger partial charge on any atom is -0.493 e. The van der Waals surface area contributed by atoms with Gasteiger partial charge in [0.15, 0.2) is 17.3 Å². The van der Waals surface area contributed by atoms with E-state index in [0.29, 0.717) is 42.3 Å². The Balaban J connectivity index is 1.79. The fourth-order valence-electron chi connectivity index (χ4n) is 2.91. The molecule has 1 amide bonds. The van der Waals surface area contributed by atoms with Crippen molar-refractivity contribution in [2.24, 2.45) is 0 Å². The largest absolute Gasteiger partial charge is 0.493 e. The lowest BCUT2D eigenvalue weighted by Gasteiger charge is -2.26. The van der Waals surface area contributed by atoms with E-state index >= 15 is 0 Å². The van der Waals surface area contributed by atoms with Crippen LogP contribution in [0.25, 0.3) is 6.08 Å². The Morgan fingerprint density at radius 1 is 1.00 bits per heavy atom. The van der Waals surface area contributed by atoms with Crippen molar-refractivity contribution in [3.05, 3.63) is 58.1 Å². The molecule has 2 aromatic rings. The summed E-state index contributed by atoms with van der Waals surface area (Å²) in [6.07, 6.45) is 2.59. The molecule has 7 nitrogen and oxygen atoms in total. The summed E-state index contributed by atoms with van der Waals surface area (Å²) in [7, 11) is 3.11. The molecule has 0 spiro atoms.